The summed E-state index contributed by atoms with van der Waals surface area (Å²) in [6, 6.07) is 25.2. The fourth-order valence-corrected chi connectivity index (χ4v) is 5.68. The van der Waals surface area contributed by atoms with Gasteiger partial charge in [-0.15, -0.1) is 0 Å². The Morgan fingerprint density at radius 2 is 1.58 bits per heavy atom. The van der Waals surface area contributed by atoms with Crippen LogP contribution in [-0.4, -0.2) is 35.3 Å². The lowest BCUT2D eigenvalue weighted by atomic mass is 10.0. The van der Waals surface area contributed by atoms with E-state index < -0.39 is 16.0 Å². The molecule has 0 bridgehead atoms. The van der Waals surface area contributed by atoms with E-state index in [9.17, 15) is 18.3 Å². The standard InChI is InChI=1S/C32H27Cl2N3O5S/c1-3-37-19-30(26-14-10-23(33)17-28(26)34)35-31(37)16-20-4-6-21(7-5-20)22-8-11-24(12-9-22)42-25-13-15-29(36-43(2,40)41)27(18-25)32(38)39/h4-15,17-19,36H,3,16H2,1-2H3,(H,38,39). The number of aromatic carboxylic acids is 1. The Labute approximate surface area is 259 Å². The Balaban J connectivity index is 1.28. The van der Waals surface area contributed by atoms with Crippen LogP contribution >= 0.6 is 23.2 Å². The summed E-state index contributed by atoms with van der Waals surface area (Å²) in [4.78, 5) is 16.5. The fourth-order valence-electron chi connectivity index (χ4n) is 4.60. The third-order valence-electron chi connectivity index (χ3n) is 6.66. The Hall–Kier alpha value is -4.31. The van der Waals surface area contributed by atoms with E-state index in [0.29, 0.717) is 22.2 Å². The number of nitrogens with zero attached hydrogens (tertiary/aromatic N) is 2. The van der Waals surface area contributed by atoms with Gasteiger partial charge in [0.2, 0.25) is 10.0 Å². The lowest BCUT2D eigenvalue weighted by Crippen LogP contribution is -2.13. The highest BCUT2D eigenvalue weighted by Crippen LogP contribution is 2.31. The number of hydrogen-bond donors (Lipinski definition) is 2. The second-order valence-electron chi connectivity index (χ2n) is 9.84. The quantitative estimate of drug-likeness (QED) is 0.161. The molecule has 5 aromatic rings. The van der Waals surface area contributed by atoms with Gasteiger partial charge < -0.3 is 14.4 Å². The molecule has 0 atom stereocenters. The zero-order chi connectivity index (χ0) is 30.7. The van der Waals surface area contributed by atoms with Crippen molar-refractivity contribution in [3.05, 3.63) is 118 Å². The topological polar surface area (TPSA) is 111 Å². The summed E-state index contributed by atoms with van der Waals surface area (Å²) < 4.78 is 33.3. The highest BCUT2D eigenvalue weighted by atomic mass is 35.5. The third kappa shape index (κ3) is 7.37. The molecular formula is C32H27Cl2N3O5S. The van der Waals surface area contributed by atoms with Crippen LogP contribution in [0.2, 0.25) is 10.0 Å². The van der Waals surface area contributed by atoms with Gasteiger partial charge in [0.25, 0.3) is 0 Å². The highest BCUT2D eigenvalue weighted by Gasteiger charge is 2.16. The molecule has 5 rings (SSSR count). The molecule has 8 nitrogen and oxygen atoms in total. The lowest BCUT2D eigenvalue weighted by molar-refractivity contribution is 0.0697. The second kappa shape index (κ2) is 12.5. The summed E-state index contributed by atoms with van der Waals surface area (Å²) >= 11 is 12.5. The number of ether oxygens (including phenoxy) is 1. The maximum absolute atomic E-state index is 11.7. The number of benzene rings is 4. The summed E-state index contributed by atoms with van der Waals surface area (Å²) in [6.07, 6.45) is 3.62. The van der Waals surface area contributed by atoms with Crippen LogP contribution in [-0.2, 0) is 23.0 Å². The van der Waals surface area contributed by atoms with Gasteiger partial charge in [-0.25, -0.2) is 18.2 Å². The number of hydrogen-bond acceptors (Lipinski definition) is 5. The maximum Gasteiger partial charge on any atom is 0.337 e. The summed E-state index contributed by atoms with van der Waals surface area (Å²) in [5, 5.41) is 10.6. The zero-order valence-electron chi connectivity index (χ0n) is 23.2. The third-order valence-corrected chi connectivity index (χ3v) is 7.80. The van der Waals surface area contributed by atoms with Gasteiger partial charge in [0.15, 0.2) is 0 Å². The van der Waals surface area contributed by atoms with Crippen LogP contribution < -0.4 is 9.46 Å². The molecule has 43 heavy (non-hydrogen) atoms. The number of carbonyl (C=O) groups is 1. The van der Waals surface area contributed by atoms with Gasteiger partial charge in [-0.2, -0.15) is 0 Å². The molecule has 11 heteroatoms. The first-order valence-electron chi connectivity index (χ1n) is 13.2. The number of carboxylic acid groups (broad SMARTS) is 1. The van der Waals surface area contributed by atoms with E-state index in [4.69, 9.17) is 32.9 Å². The molecule has 0 aliphatic heterocycles. The summed E-state index contributed by atoms with van der Waals surface area (Å²) in [5.41, 5.74) is 4.50. The SMILES string of the molecule is CCn1cc(-c2ccc(Cl)cc2Cl)nc1Cc1ccc(-c2ccc(Oc3ccc(NS(C)(=O)=O)c(C(=O)O)c3)cc2)cc1. The molecule has 0 saturated heterocycles. The van der Waals surface area contributed by atoms with E-state index in [1.165, 1.54) is 18.2 Å². The summed E-state index contributed by atoms with van der Waals surface area (Å²) in [6.45, 7) is 2.85. The zero-order valence-corrected chi connectivity index (χ0v) is 25.5. The van der Waals surface area contributed by atoms with Crippen molar-refractivity contribution in [1.29, 1.82) is 0 Å². The molecule has 1 heterocycles. The van der Waals surface area contributed by atoms with Gasteiger partial charge in [0.05, 0.1) is 28.2 Å². The molecule has 0 fully saturated rings. The number of anilines is 1. The molecule has 0 aliphatic carbocycles. The second-order valence-corrected chi connectivity index (χ2v) is 12.4. The fraction of sp³-hybridized carbons (Fsp3) is 0.125. The number of aryl methyl sites for hydroxylation is 1. The number of rotatable bonds is 10. The van der Waals surface area contributed by atoms with Crippen molar-refractivity contribution in [2.45, 2.75) is 19.9 Å². The average molecular weight is 637 g/mol. The van der Waals surface area contributed by atoms with Crippen LogP contribution in [0, 0.1) is 0 Å². The van der Waals surface area contributed by atoms with Crippen molar-refractivity contribution in [3.8, 4) is 33.9 Å². The van der Waals surface area contributed by atoms with Crippen molar-refractivity contribution in [2.24, 2.45) is 0 Å². The van der Waals surface area contributed by atoms with Gasteiger partial charge in [-0.3, -0.25) is 4.72 Å². The first-order chi connectivity index (χ1) is 20.5. The van der Waals surface area contributed by atoms with Crippen LogP contribution in [0.4, 0.5) is 5.69 Å². The van der Waals surface area contributed by atoms with Gasteiger partial charge in [-0.1, -0.05) is 59.6 Å². The Bertz CT molecular complexity index is 1910. The predicted molar refractivity (Wildman–Crippen MR) is 170 cm³/mol. The first-order valence-corrected chi connectivity index (χ1v) is 15.9. The molecule has 0 aliphatic rings. The number of sulfonamides is 1. The van der Waals surface area contributed by atoms with Crippen molar-refractivity contribution >= 4 is 44.9 Å². The van der Waals surface area contributed by atoms with Crippen molar-refractivity contribution in [2.75, 3.05) is 11.0 Å². The molecule has 0 unspecified atom stereocenters. The summed E-state index contributed by atoms with van der Waals surface area (Å²) in [5.74, 6) is 0.424. The minimum atomic E-state index is -3.64. The van der Waals surface area contributed by atoms with E-state index in [2.05, 4.69) is 28.3 Å². The van der Waals surface area contributed by atoms with Crippen molar-refractivity contribution in [1.82, 2.24) is 9.55 Å². The Morgan fingerprint density at radius 1 is 0.930 bits per heavy atom. The smallest absolute Gasteiger partial charge is 0.337 e. The number of nitrogens with one attached hydrogen (secondary N) is 1. The van der Waals surface area contributed by atoms with Gasteiger partial charge in [-0.05, 0) is 72.1 Å². The normalized spacial score (nSPS) is 11.3. The predicted octanol–water partition coefficient (Wildman–Crippen LogP) is 8.00. The molecule has 1 aromatic heterocycles. The monoisotopic (exact) mass is 635 g/mol. The van der Waals surface area contributed by atoms with Gasteiger partial charge >= 0.3 is 5.97 Å². The van der Waals surface area contributed by atoms with E-state index in [-0.39, 0.29) is 17.0 Å². The van der Waals surface area contributed by atoms with Crippen LogP contribution in [0.1, 0.15) is 28.7 Å². The molecule has 220 valence electrons. The number of aromatic nitrogens is 2. The van der Waals surface area contributed by atoms with Crippen LogP contribution in [0.3, 0.4) is 0 Å². The molecule has 0 spiro atoms. The van der Waals surface area contributed by atoms with Gasteiger partial charge in [0.1, 0.15) is 17.3 Å². The minimum Gasteiger partial charge on any atom is -0.478 e. The number of halogens is 2. The number of carboxylic acids is 1. The first kappa shape index (κ1) is 30.2. The van der Waals surface area contributed by atoms with Crippen molar-refractivity contribution < 1.29 is 23.1 Å². The average Bonchev–Trinajstić information content (AvgIpc) is 3.36. The lowest BCUT2D eigenvalue weighted by Gasteiger charge is -2.11. The highest BCUT2D eigenvalue weighted by molar-refractivity contribution is 7.92. The maximum atomic E-state index is 11.7. The molecular weight excluding hydrogens is 609 g/mol. The van der Waals surface area contributed by atoms with Gasteiger partial charge in [0, 0.05) is 29.7 Å². The molecule has 0 amide bonds. The van der Waals surface area contributed by atoms with Crippen LogP contribution in [0.5, 0.6) is 11.5 Å². The molecule has 4 aromatic carbocycles. The number of imidazole rings is 1. The van der Waals surface area contributed by atoms with Crippen LogP contribution in [0.15, 0.2) is 91.1 Å². The van der Waals surface area contributed by atoms with E-state index in [1.54, 1.807) is 24.3 Å². The molecule has 0 saturated carbocycles. The van der Waals surface area contributed by atoms with E-state index >= 15 is 0 Å². The Kier molecular flexibility index (Phi) is 8.77. The van der Waals surface area contributed by atoms with Crippen molar-refractivity contribution in [3.63, 3.8) is 0 Å². The van der Waals surface area contributed by atoms with E-state index in [1.807, 2.05) is 36.5 Å². The molecule has 2 N–H and O–H groups in total. The van der Waals surface area contributed by atoms with E-state index in [0.717, 1.165) is 46.6 Å². The van der Waals surface area contributed by atoms with Crippen LogP contribution in [0.25, 0.3) is 22.4 Å². The Morgan fingerprint density at radius 3 is 2.19 bits per heavy atom. The summed E-state index contributed by atoms with van der Waals surface area (Å²) in [7, 11) is -3.64. The minimum absolute atomic E-state index is 0.0359. The molecule has 0 radical (unpaired) electrons. The largest absolute Gasteiger partial charge is 0.478 e.